The summed E-state index contributed by atoms with van der Waals surface area (Å²) in [7, 11) is 3.09. The summed E-state index contributed by atoms with van der Waals surface area (Å²) in [5, 5.41) is 19.7. The number of amides is 3. The number of carbonyl (C=O) groups is 4. The van der Waals surface area contributed by atoms with Crippen molar-refractivity contribution < 1.29 is 29.4 Å². The van der Waals surface area contributed by atoms with E-state index in [1.54, 1.807) is 21.0 Å². The molecule has 9 nitrogen and oxygen atoms in total. The third-order valence-corrected chi connectivity index (χ3v) is 2.74. The van der Waals surface area contributed by atoms with Gasteiger partial charge in [0.05, 0.1) is 0 Å². The van der Waals surface area contributed by atoms with Crippen LogP contribution in [0.5, 0.6) is 0 Å². The van der Waals surface area contributed by atoms with Crippen LogP contribution in [0.25, 0.3) is 0 Å². The van der Waals surface area contributed by atoms with Gasteiger partial charge in [0.25, 0.3) is 0 Å². The molecule has 0 radical (unpaired) electrons. The Morgan fingerprint density at radius 2 is 1.71 bits per heavy atom. The predicted molar refractivity (Wildman–Crippen MR) is 72.8 cm³/mol. The summed E-state index contributed by atoms with van der Waals surface area (Å²) in [4.78, 5) is 47.4. The van der Waals surface area contributed by atoms with E-state index in [4.69, 9.17) is 10.2 Å². The lowest BCUT2D eigenvalue weighted by Crippen LogP contribution is -2.50. The van der Waals surface area contributed by atoms with Gasteiger partial charge in [-0.3, -0.25) is 9.59 Å². The Morgan fingerprint density at radius 3 is 2.10 bits per heavy atom. The molecule has 0 aliphatic carbocycles. The van der Waals surface area contributed by atoms with Crippen molar-refractivity contribution in [2.24, 2.45) is 0 Å². The van der Waals surface area contributed by atoms with Crippen LogP contribution in [0.4, 0.5) is 4.79 Å². The zero-order chi connectivity index (χ0) is 16.6. The largest absolute Gasteiger partial charge is 0.481 e. The highest BCUT2D eigenvalue weighted by Gasteiger charge is 2.24. The van der Waals surface area contributed by atoms with Crippen LogP contribution in [-0.4, -0.2) is 77.1 Å². The first-order valence-corrected chi connectivity index (χ1v) is 6.39. The zero-order valence-electron chi connectivity index (χ0n) is 12.3. The van der Waals surface area contributed by atoms with E-state index in [0.29, 0.717) is 0 Å². The number of likely N-dealkylation sites (N-methyl/N-ethyl adjacent to an activating group) is 2. The molecule has 0 aromatic carbocycles. The van der Waals surface area contributed by atoms with Crippen molar-refractivity contribution in [3.63, 3.8) is 0 Å². The van der Waals surface area contributed by atoms with Gasteiger partial charge in [-0.05, 0) is 13.3 Å². The van der Waals surface area contributed by atoms with Crippen molar-refractivity contribution in [3.05, 3.63) is 0 Å². The van der Waals surface area contributed by atoms with Gasteiger partial charge in [0.2, 0.25) is 5.91 Å². The van der Waals surface area contributed by atoms with Gasteiger partial charge in [0.15, 0.2) is 0 Å². The zero-order valence-corrected chi connectivity index (χ0v) is 12.3. The van der Waals surface area contributed by atoms with E-state index in [1.807, 2.05) is 0 Å². The highest BCUT2D eigenvalue weighted by Crippen LogP contribution is 2.00. The second-order valence-electron chi connectivity index (χ2n) is 4.58. The molecule has 0 fully saturated rings. The lowest BCUT2D eigenvalue weighted by atomic mass is 10.1. The molecular formula is C12H21N3O6. The minimum Gasteiger partial charge on any atom is -0.481 e. The fourth-order valence-corrected chi connectivity index (χ4v) is 1.40. The molecule has 120 valence electrons. The Hall–Kier alpha value is -2.32. The average Bonchev–Trinajstić information content (AvgIpc) is 2.39. The summed E-state index contributed by atoms with van der Waals surface area (Å²) in [5.41, 5.74) is 0. The second-order valence-corrected chi connectivity index (χ2v) is 4.58. The molecule has 3 amide bonds. The lowest BCUT2D eigenvalue weighted by molar-refractivity contribution is -0.140. The third kappa shape index (κ3) is 7.14. The third-order valence-electron chi connectivity index (χ3n) is 2.74. The van der Waals surface area contributed by atoms with Gasteiger partial charge in [-0.2, -0.15) is 0 Å². The number of rotatable bonds is 8. The minimum absolute atomic E-state index is 0.180. The van der Waals surface area contributed by atoms with Crippen LogP contribution in [0.1, 0.15) is 19.8 Å². The number of nitrogens with one attached hydrogen (secondary N) is 1. The Labute approximate surface area is 122 Å². The van der Waals surface area contributed by atoms with E-state index in [-0.39, 0.29) is 31.8 Å². The summed E-state index contributed by atoms with van der Waals surface area (Å²) >= 11 is 0. The molecule has 0 aromatic heterocycles. The van der Waals surface area contributed by atoms with Crippen LogP contribution < -0.4 is 5.32 Å². The smallest absolute Gasteiger partial charge is 0.326 e. The molecule has 0 aromatic rings. The molecule has 0 rings (SSSR count). The first-order valence-electron chi connectivity index (χ1n) is 6.39. The number of hydrogen-bond acceptors (Lipinski definition) is 4. The van der Waals surface area contributed by atoms with Gasteiger partial charge in [-0.15, -0.1) is 0 Å². The van der Waals surface area contributed by atoms with E-state index in [0.717, 1.165) is 4.90 Å². The fourth-order valence-electron chi connectivity index (χ4n) is 1.40. The number of carbonyl (C=O) groups excluding carboxylic acids is 2. The van der Waals surface area contributed by atoms with Crippen LogP contribution >= 0.6 is 0 Å². The molecule has 0 bridgehead atoms. The topological polar surface area (TPSA) is 127 Å². The van der Waals surface area contributed by atoms with Gasteiger partial charge in [-0.1, -0.05) is 0 Å². The first kappa shape index (κ1) is 18.7. The van der Waals surface area contributed by atoms with E-state index in [1.165, 1.54) is 4.90 Å². The molecular weight excluding hydrogens is 282 g/mol. The van der Waals surface area contributed by atoms with Crippen LogP contribution in [0.15, 0.2) is 0 Å². The molecule has 0 spiro atoms. The van der Waals surface area contributed by atoms with Crippen molar-refractivity contribution in [1.82, 2.24) is 15.1 Å². The number of carboxylic acids is 2. The summed E-state index contributed by atoms with van der Waals surface area (Å²) in [6, 6.07) is -2.03. The number of hydrogen-bond donors (Lipinski definition) is 3. The van der Waals surface area contributed by atoms with Crippen LogP contribution in [-0.2, 0) is 14.4 Å². The standard InChI is InChI=1S/C12H21N3O6/c1-4-15(7-9(16)14(2)3)12(21)13-8(11(19)20)5-6-10(17)18/h8H,4-7H2,1-3H3,(H,13,21)(H,17,18)(H,19,20)/t8-/m0/s1. The fraction of sp³-hybridized carbons (Fsp3) is 0.667. The summed E-state index contributed by atoms with van der Waals surface area (Å²) < 4.78 is 0. The van der Waals surface area contributed by atoms with Crippen molar-refractivity contribution in [2.45, 2.75) is 25.8 Å². The maximum Gasteiger partial charge on any atom is 0.326 e. The van der Waals surface area contributed by atoms with Crippen molar-refractivity contribution in [3.8, 4) is 0 Å². The molecule has 3 N–H and O–H groups in total. The molecule has 9 heteroatoms. The van der Waals surface area contributed by atoms with Gasteiger partial charge in [-0.25, -0.2) is 9.59 Å². The first-order chi connectivity index (χ1) is 9.68. The number of carboxylic acid groups (broad SMARTS) is 2. The molecule has 0 unspecified atom stereocenters. The highest BCUT2D eigenvalue weighted by molar-refractivity contribution is 5.86. The Kier molecular flexibility index (Phi) is 7.80. The summed E-state index contributed by atoms with van der Waals surface area (Å²) in [5.74, 6) is -2.77. The average molecular weight is 303 g/mol. The second kappa shape index (κ2) is 8.77. The molecule has 0 aliphatic rings. The van der Waals surface area contributed by atoms with Crippen LogP contribution in [0.2, 0.25) is 0 Å². The number of nitrogens with zero attached hydrogens (tertiary/aromatic N) is 2. The molecule has 1 atom stereocenters. The molecule has 0 aliphatic heterocycles. The van der Waals surface area contributed by atoms with E-state index < -0.39 is 24.0 Å². The predicted octanol–water partition coefficient (Wildman–Crippen LogP) is -0.576. The molecule has 0 heterocycles. The Balaban J connectivity index is 4.66. The van der Waals surface area contributed by atoms with E-state index in [2.05, 4.69) is 5.32 Å². The molecule has 0 saturated carbocycles. The highest BCUT2D eigenvalue weighted by atomic mass is 16.4. The summed E-state index contributed by atoms with van der Waals surface area (Å²) in [6.45, 7) is 1.69. The van der Waals surface area contributed by atoms with Gasteiger partial charge >= 0.3 is 18.0 Å². The SMILES string of the molecule is CCN(CC(=O)N(C)C)C(=O)N[C@@H](CCC(=O)O)C(=O)O. The number of urea groups is 1. The van der Waals surface area contributed by atoms with Gasteiger partial charge in [0, 0.05) is 27.1 Å². The Morgan fingerprint density at radius 1 is 1.14 bits per heavy atom. The van der Waals surface area contributed by atoms with E-state index in [9.17, 15) is 19.2 Å². The lowest BCUT2D eigenvalue weighted by Gasteiger charge is -2.24. The van der Waals surface area contributed by atoms with Crippen molar-refractivity contribution in [1.29, 1.82) is 0 Å². The van der Waals surface area contributed by atoms with Crippen LogP contribution in [0.3, 0.4) is 0 Å². The minimum atomic E-state index is -1.32. The maximum atomic E-state index is 11.9. The maximum absolute atomic E-state index is 11.9. The van der Waals surface area contributed by atoms with Crippen LogP contribution in [0, 0.1) is 0 Å². The normalized spacial score (nSPS) is 11.4. The van der Waals surface area contributed by atoms with Crippen molar-refractivity contribution in [2.75, 3.05) is 27.2 Å². The van der Waals surface area contributed by atoms with Crippen molar-refractivity contribution >= 4 is 23.9 Å². The molecule has 21 heavy (non-hydrogen) atoms. The van der Waals surface area contributed by atoms with Gasteiger partial charge in [0.1, 0.15) is 12.6 Å². The number of aliphatic carboxylic acids is 2. The monoisotopic (exact) mass is 303 g/mol. The van der Waals surface area contributed by atoms with Gasteiger partial charge < -0.3 is 25.3 Å². The van der Waals surface area contributed by atoms with E-state index >= 15 is 0 Å². The summed E-state index contributed by atoms with van der Waals surface area (Å²) in [6.07, 6.45) is -0.602. The Bertz CT molecular complexity index is 410. The quantitative estimate of drug-likeness (QED) is 0.550. The molecule has 0 saturated heterocycles.